The third-order valence-electron chi connectivity index (χ3n) is 3.29. The SMILES string of the molecule is N=C(N)c1cccc(N2CCOc3ccccc3C2)n1. The van der Waals surface area contributed by atoms with Gasteiger partial charge in [0.1, 0.15) is 29.7 Å². The molecule has 0 spiro atoms. The lowest BCUT2D eigenvalue weighted by atomic mass is 10.2. The van der Waals surface area contributed by atoms with Crippen molar-refractivity contribution in [1.29, 1.82) is 5.41 Å². The summed E-state index contributed by atoms with van der Waals surface area (Å²) in [7, 11) is 0. The molecule has 3 N–H and O–H groups in total. The Balaban J connectivity index is 1.91. The maximum atomic E-state index is 7.48. The van der Waals surface area contributed by atoms with Gasteiger partial charge >= 0.3 is 0 Å². The smallest absolute Gasteiger partial charge is 0.141 e. The van der Waals surface area contributed by atoms with Crippen molar-refractivity contribution < 1.29 is 4.74 Å². The van der Waals surface area contributed by atoms with Crippen molar-refractivity contribution >= 4 is 11.7 Å². The molecule has 5 heteroatoms. The summed E-state index contributed by atoms with van der Waals surface area (Å²) in [5.41, 5.74) is 7.14. The first-order chi connectivity index (χ1) is 9.74. The van der Waals surface area contributed by atoms with E-state index in [1.807, 2.05) is 30.3 Å². The predicted molar refractivity (Wildman–Crippen MR) is 78.2 cm³/mol. The van der Waals surface area contributed by atoms with E-state index in [9.17, 15) is 0 Å². The van der Waals surface area contributed by atoms with Gasteiger partial charge in [-0.25, -0.2) is 4.98 Å². The molecule has 1 aliphatic heterocycles. The first-order valence-electron chi connectivity index (χ1n) is 6.51. The van der Waals surface area contributed by atoms with Gasteiger partial charge in [-0.3, -0.25) is 5.41 Å². The number of amidine groups is 1. The van der Waals surface area contributed by atoms with Crippen LogP contribution in [-0.4, -0.2) is 24.0 Å². The molecular weight excluding hydrogens is 252 g/mol. The van der Waals surface area contributed by atoms with Gasteiger partial charge in [0, 0.05) is 12.1 Å². The number of nitrogens with two attached hydrogens (primary N) is 1. The van der Waals surface area contributed by atoms with Crippen LogP contribution < -0.4 is 15.4 Å². The fourth-order valence-electron chi connectivity index (χ4n) is 2.27. The average molecular weight is 268 g/mol. The summed E-state index contributed by atoms with van der Waals surface area (Å²) in [5, 5.41) is 7.48. The van der Waals surface area contributed by atoms with E-state index in [2.05, 4.69) is 16.0 Å². The molecule has 0 saturated carbocycles. The lowest BCUT2D eigenvalue weighted by molar-refractivity contribution is 0.331. The zero-order valence-electron chi connectivity index (χ0n) is 11.0. The minimum atomic E-state index is -0.0154. The Labute approximate surface area is 117 Å². The van der Waals surface area contributed by atoms with Crippen LogP contribution in [0.4, 0.5) is 5.82 Å². The monoisotopic (exact) mass is 268 g/mol. The molecule has 0 saturated heterocycles. The van der Waals surface area contributed by atoms with Gasteiger partial charge in [-0.15, -0.1) is 0 Å². The van der Waals surface area contributed by atoms with E-state index in [0.29, 0.717) is 12.3 Å². The number of hydrogen-bond donors (Lipinski definition) is 2. The number of rotatable bonds is 2. The second-order valence-electron chi connectivity index (χ2n) is 4.67. The zero-order valence-corrected chi connectivity index (χ0v) is 11.0. The lowest BCUT2D eigenvalue weighted by Crippen LogP contribution is -2.27. The number of ether oxygens (including phenoxy) is 1. The summed E-state index contributed by atoms with van der Waals surface area (Å²) in [5.74, 6) is 1.73. The average Bonchev–Trinajstić information content (AvgIpc) is 2.69. The third kappa shape index (κ3) is 2.42. The number of fused-ring (bicyclic) bond motifs is 1. The van der Waals surface area contributed by atoms with Gasteiger partial charge in [0.25, 0.3) is 0 Å². The summed E-state index contributed by atoms with van der Waals surface area (Å²) in [6.45, 7) is 2.11. The molecule has 2 heterocycles. The Kier molecular flexibility index (Phi) is 3.25. The first-order valence-corrected chi connectivity index (χ1v) is 6.51. The quantitative estimate of drug-likeness (QED) is 0.643. The third-order valence-corrected chi connectivity index (χ3v) is 3.29. The van der Waals surface area contributed by atoms with Crippen LogP contribution in [0.2, 0.25) is 0 Å². The molecule has 0 aliphatic carbocycles. The van der Waals surface area contributed by atoms with Crippen molar-refractivity contribution in [2.75, 3.05) is 18.1 Å². The minimum Gasteiger partial charge on any atom is -0.491 e. The molecule has 0 atom stereocenters. The standard InChI is InChI=1S/C15H16N4O/c16-15(17)12-5-3-7-14(18-12)19-8-9-20-13-6-2-1-4-11(13)10-19/h1-7H,8-10H2,(H3,16,17). The van der Waals surface area contributed by atoms with Crippen molar-refractivity contribution in [3.05, 3.63) is 53.7 Å². The minimum absolute atomic E-state index is 0.0154. The summed E-state index contributed by atoms with van der Waals surface area (Å²) < 4.78 is 5.74. The Morgan fingerprint density at radius 1 is 1.20 bits per heavy atom. The summed E-state index contributed by atoms with van der Waals surface area (Å²) in [6.07, 6.45) is 0. The van der Waals surface area contributed by atoms with E-state index in [4.69, 9.17) is 15.9 Å². The van der Waals surface area contributed by atoms with Gasteiger partial charge in [0.2, 0.25) is 0 Å². The number of nitrogens with one attached hydrogen (secondary N) is 1. The van der Waals surface area contributed by atoms with Crippen molar-refractivity contribution in [3.63, 3.8) is 0 Å². The molecule has 1 aromatic carbocycles. The van der Waals surface area contributed by atoms with Gasteiger partial charge in [-0.05, 0) is 18.2 Å². The Bertz CT molecular complexity index is 641. The molecule has 0 amide bonds. The van der Waals surface area contributed by atoms with E-state index in [1.54, 1.807) is 6.07 Å². The highest BCUT2D eigenvalue weighted by Crippen LogP contribution is 2.25. The number of anilines is 1. The molecule has 0 bridgehead atoms. The number of pyridine rings is 1. The Morgan fingerprint density at radius 3 is 2.90 bits per heavy atom. The number of benzene rings is 1. The van der Waals surface area contributed by atoms with Crippen LogP contribution in [0.3, 0.4) is 0 Å². The van der Waals surface area contributed by atoms with E-state index >= 15 is 0 Å². The van der Waals surface area contributed by atoms with Gasteiger partial charge in [0.15, 0.2) is 0 Å². The van der Waals surface area contributed by atoms with E-state index in [-0.39, 0.29) is 5.84 Å². The second kappa shape index (κ2) is 5.21. The van der Waals surface area contributed by atoms with Gasteiger partial charge in [-0.1, -0.05) is 24.3 Å². The molecular formula is C15H16N4O. The molecule has 0 fully saturated rings. The highest BCUT2D eigenvalue weighted by molar-refractivity contribution is 5.93. The van der Waals surface area contributed by atoms with Crippen LogP contribution >= 0.6 is 0 Å². The number of hydrogen-bond acceptors (Lipinski definition) is 4. The van der Waals surface area contributed by atoms with Gasteiger partial charge in [-0.2, -0.15) is 0 Å². The van der Waals surface area contributed by atoms with Crippen molar-refractivity contribution in [2.24, 2.45) is 5.73 Å². The predicted octanol–water partition coefficient (Wildman–Crippen LogP) is 1.76. The first kappa shape index (κ1) is 12.5. The second-order valence-corrected chi connectivity index (χ2v) is 4.67. The van der Waals surface area contributed by atoms with Gasteiger partial charge < -0.3 is 15.4 Å². The maximum Gasteiger partial charge on any atom is 0.141 e. The molecule has 5 nitrogen and oxygen atoms in total. The molecule has 2 aromatic rings. The highest BCUT2D eigenvalue weighted by Gasteiger charge is 2.16. The highest BCUT2D eigenvalue weighted by atomic mass is 16.5. The van der Waals surface area contributed by atoms with Crippen LogP contribution in [0.25, 0.3) is 0 Å². The molecule has 1 aliphatic rings. The van der Waals surface area contributed by atoms with Crippen molar-refractivity contribution in [2.45, 2.75) is 6.54 Å². The number of para-hydroxylation sites is 1. The van der Waals surface area contributed by atoms with E-state index in [0.717, 1.165) is 30.2 Å². The number of nitrogen functional groups attached to an aromatic ring is 1. The normalized spacial score (nSPS) is 14.1. The van der Waals surface area contributed by atoms with Gasteiger partial charge in [0.05, 0.1) is 6.54 Å². The van der Waals surface area contributed by atoms with Crippen LogP contribution in [0.15, 0.2) is 42.5 Å². The Morgan fingerprint density at radius 2 is 2.05 bits per heavy atom. The molecule has 0 unspecified atom stereocenters. The van der Waals surface area contributed by atoms with Crippen LogP contribution in [0, 0.1) is 5.41 Å². The van der Waals surface area contributed by atoms with Crippen LogP contribution in [0.5, 0.6) is 5.75 Å². The maximum absolute atomic E-state index is 7.48. The molecule has 1 aromatic heterocycles. The zero-order chi connectivity index (χ0) is 13.9. The molecule has 3 rings (SSSR count). The Hall–Kier alpha value is -2.56. The summed E-state index contributed by atoms with van der Waals surface area (Å²) >= 11 is 0. The van der Waals surface area contributed by atoms with Crippen LogP contribution in [0.1, 0.15) is 11.3 Å². The van der Waals surface area contributed by atoms with E-state index < -0.39 is 0 Å². The van der Waals surface area contributed by atoms with Crippen LogP contribution in [-0.2, 0) is 6.54 Å². The fourth-order valence-corrected chi connectivity index (χ4v) is 2.27. The van der Waals surface area contributed by atoms with Crippen molar-refractivity contribution in [3.8, 4) is 5.75 Å². The number of nitrogens with zero attached hydrogens (tertiary/aromatic N) is 2. The summed E-state index contributed by atoms with van der Waals surface area (Å²) in [6, 6.07) is 13.6. The summed E-state index contributed by atoms with van der Waals surface area (Å²) in [4.78, 5) is 6.57. The largest absolute Gasteiger partial charge is 0.491 e. The number of aromatic nitrogens is 1. The van der Waals surface area contributed by atoms with Crippen molar-refractivity contribution in [1.82, 2.24) is 4.98 Å². The molecule has 102 valence electrons. The topological polar surface area (TPSA) is 75.2 Å². The molecule has 20 heavy (non-hydrogen) atoms. The molecule has 0 radical (unpaired) electrons. The lowest BCUT2D eigenvalue weighted by Gasteiger charge is -2.21. The fraction of sp³-hybridized carbons (Fsp3) is 0.200. The van der Waals surface area contributed by atoms with E-state index in [1.165, 1.54) is 0 Å².